The van der Waals surface area contributed by atoms with Crippen molar-refractivity contribution in [3.05, 3.63) is 23.9 Å². The van der Waals surface area contributed by atoms with Crippen LogP contribution in [-0.2, 0) is 4.74 Å². The molecule has 0 bridgehead atoms. The summed E-state index contributed by atoms with van der Waals surface area (Å²) >= 11 is 0. The summed E-state index contributed by atoms with van der Waals surface area (Å²) in [6, 6.07) is 5.18. The molecule has 1 aromatic heterocycles. The van der Waals surface area contributed by atoms with E-state index in [-0.39, 0.29) is 0 Å². The third-order valence-corrected chi connectivity index (χ3v) is 4.14. The van der Waals surface area contributed by atoms with Crippen molar-refractivity contribution in [2.24, 2.45) is 0 Å². The highest BCUT2D eigenvalue weighted by Gasteiger charge is 2.19. The van der Waals surface area contributed by atoms with Crippen LogP contribution in [0.15, 0.2) is 18.3 Å². The van der Waals surface area contributed by atoms with Gasteiger partial charge in [0.15, 0.2) is 0 Å². The third-order valence-electron chi connectivity index (χ3n) is 4.14. The van der Waals surface area contributed by atoms with Gasteiger partial charge in [-0.15, -0.1) is 0 Å². The second-order valence-electron chi connectivity index (χ2n) is 5.96. The van der Waals surface area contributed by atoms with Crippen molar-refractivity contribution in [2.45, 2.75) is 19.9 Å². The molecule has 1 saturated heterocycles. The molecule has 0 aliphatic carbocycles. The second kappa shape index (κ2) is 7.10. The molecule has 1 atom stereocenters. The molecule has 0 radical (unpaired) electrons. The first-order chi connectivity index (χ1) is 11.2. The average Bonchev–Trinajstić information content (AvgIpc) is 2.56. The van der Waals surface area contributed by atoms with Crippen LogP contribution in [0.5, 0.6) is 6.01 Å². The van der Waals surface area contributed by atoms with Gasteiger partial charge >= 0.3 is 6.01 Å². The van der Waals surface area contributed by atoms with E-state index < -0.39 is 0 Å². The predicted molar refractivity (Wildman–Crippen MR) is 91.3 cm³/mol. The van der Waals surface area contributed by atoms with E-state index in [1.165, 1.54) is 5.69 Å². The van der Waals surface area contributed by atoms with Crippen LogP contribution in [0, 0.1) is 6.92 Å². The first kappa shape index (κ1) is 16.0. The first-order valence-corrected chi connectivity index (χ1v) is 8.05. The van der Waals surface area contributed by atoms with Gasteiger partial charge < -0.3 is 19.7 Å². The summed E-state index contributed by atoms with van der Waals surface area (Å²) in [6.45, 7) is 8.24. The molecule has 2 aromatic rings. The number of rotatable bonds is 5. The van der Waals surface area contributed by atoms with Crippen LogP contribution in [0.4, 0.5) is 5.69 Å². The summed E-state index contributed by atoms with van der Waals surface area (Å²) in [4.78, 5) is 11.4. The lowest BCUT2D eigenvalue weighted by atomic mass is 10.1. The molecule has 6 heteroatoms. The van der Waals surface area contributed by atoms with Crippen LogP contribution >= 0.6 is 0 Å². The minimum absolute atomic E-state index is 0.406. The summed E-state index contributed by atoms with van der Waals surface area (Å²) in [6.07, 6.45) is 1.87. The number of piperazine rings is 1. The van der Waals surface area contributed by atoms with Gasteiger partial charge in [-0.25, -0.2) is 4.98 Å². The van der Waals surface area contributed by atoms with Crippen LogP contribution in [0.2, 0.25) is 0 Å². The molecule has 1 aromatic carbocycles. The zero-order valence-electron chi connectivity index (χ0n) is 14.0. The Hall–Kier alpha value is -1.92. The molecule has 3 rings (SSSR count). The molecule has 1 aliphatic heterocycles. The topological polar surface area (TPSA) is 59.5 Å². The summed E-state index contributed by atoms with van der Waals surface area (Å²) in [5.41, 5.74) is 3.28. The van der Waals surface area contributed by atoms with Crippen molar-refractivity contribution < 1.29 is 9.47 Å². The van der Waals surface area contributed by atoms with Gasteiger partial charge in [0.25, 0.3) is 0 Å². The number of nitrogens with zero attached hydrogens (tertiary/aromatic N) is 3. The average molecular weight is 316 g/mol. The maximum Gasteiger partial charge on any atom is 0.317 e. The van der Waals surface area contributed by atoms with E-state index in [9.17, 15) is 0 Å². The number of methoxy groups -OCH3 is 1. The van der Waals surface area contributed by atoms with Crippen molar-refractivity contribution in [2.75, 3.05) is 44.9 Å². The number of aromatic nitrogens is 2. The molecule has 124 valence electrons. The Labute approximate surface area is 136 Å². The predicted octanol–water partition coefficient (Wildman–Crippen LogP) is 1.76. The fourth-order valence-electron chi connectivity index (χ4n) is 2.94. The number of ether oxygens (including phenoxy) is 2. The molecule has 23 heavy (non-hydrogen) atoms. The number of hydrogen-bond acceptors (Lipinski definition) is 6. The molecule has 0 saturated carbocycles. The van der Waals surface area contributed by atoms with Gasteiger partial charge in [0.05, 0.1) is 12.1 Å². The normalized spacial score (nSPS) is 18.4. The molecular formula is C17H24N4O2. The molecule has 6 nitrogen and oxygen atoms in total. The number of hydrogen-bond donors (Lipinski definition) is 1. The van der Waals surface area contributed by atoms with Gasteiger partial charge in [-0.3, -0.25) is 0 Å². The lowest BCUT2D eigenvalue weighted by Crippen LogP contribution is -2.49. The summed E-state index contributed by atoms with van der Waals surface area (Å²) in [7, 11) is 1.65. The highest BCUT2D eigenvalue weighted by atomic mass is 16.5. The number of aryl methyl sites for hydroxylation is 1. The highest BCUT2D eigenvalue weighted by molar-refractivity contribution is 5.93. The van der Waals surface area contributed by atoms with Crippen LogP contribution < -0.4 is 15.0 Å². The van der Waals surface area contributed by atoms with Crippen molar-refractivity contribution in [3.8, 4) is 6.01 Å². The zero-order valence-corrected chi connectivity index (χ0v) is 14.0. The summed E-state index contributed by atoms with van der Waals surface area (Å²) in [5.74, 6) is 0. The van der Waals surface area contributed by atoms with E-state index in [1.54, 1.807) is 7.11 Å². The van der Waals surface area contributed by atoms with E-state index in [2.05, 4.69) is 46.2 Å². The van der Waals surface area contributed by atoms with Gasteiger partial charge in [0, 0.05) is 50.1 Å². The Bertz CT molecular complexity index is 677. The quantitative estimate of drug-likeness (QED) is 0.848. The third kappa shape index (κ3) is 3.54. The molecule has 1 N–H and O–H groups in total. The highest BCUT2D eigenvalue weighted by Crippen LogP contribution is 2.29. The minimum Gasteiger partial charge on any atom is -0.461 e. The lowest BCUT2D eigenvalue weighted by molar-refractivity contribution is 0.141. The molecule has 0 amide bonds. The van der Waals surface area contributed by atoms with Gasteiger partial charge in [0.1, 0.15) is 6.61 Å². The maximum absolute atomic E-state index is 5.54. The molecule has 1 fully saturated rings. The van der Waals surface area contributed by atoms with E-state index >= 15 is 0 Å². The minimum atomic E-state index is 0.406. The van der Waals surface area contributed by atoms with Gasteiger partial charge in [-0.05, 0) is 25.5 Å². The Balaban J connectivity index is 1.92. The smallest absolute Gasteiger partial charge is 0.317 e. The fourth-order valence-corrected chi connectivity index (χ4v) is 2.94. The zero-order chi connectivity index (χ0) is 16.2. The number of benzene rings is 1. The molecule has 0 spiro atoms. The number of fused-ring (bicyclic) bond motifs is 1. The van der Waals surface area contributed by atoms with Gasteiger partial charge in [-0.2, -0.15) is 4.98 Å². The van der Waals surface area contributed by atoms with Crippen molar-refractivity contribution in [1.29, 1.82) is 0 Å². The summed E-state index contributed by atoms with van der Waals surface area (Å²) < 4.78 is 10.5. The fraction of sp³-hybridized carbons (Fsp3) is 0.529. The number of anilines is 1. The molecule has 1 aliphatic rings. The Morgan fingerprint density at radius 1 is 1.35 bits per heavy atom. The van der Waals surface area contributed by atoms with Crippen LogP contribution in [0.1, 0.15) is 12.5 Å². The standard InChI is InChI=1S/C17H24N4O2/c1-12-4-5-15(21-7-6-18-13(2)11-21)14-10-19-17(20-16(12)14)23-9-8-22-3/h4-5,10,13,18H,6-9,11H2,1-3H3. The molecule has 1 unspecified atom stereocenters. The maximum atomic E-state index is 5.54. The Morgan fingerprint density at radius 2 is 2.22 bits per heavy atom. The Morgan fingerprint density at radius 3 is 3.00 bits per heavy atom. The number of nitrogens with one attached hydrogen (secondary N) is 1. The van der Waals surface area contributed by atoms with Crippen LogP contribution in [-0.4, -0.2) is 56.0 Å². The first-order valence-electron chi connectivity index (χ1n) is 8.05. The monoisotopic (exact) mass is 316 g/mol. The van der Waals surface area contributed by atoms with E-state index in [4.69, 9.17) is 9.47 Å². The van der Waals surface area contributed by atoms with E-state index in [1.807, 2.05) is 6.20 Å². The van der Waals surface area contributed by atoms with Crippen molar-refractivity contribution in [1.82, 2.24) is 15.3 Å². The van der Waals surface area contributed by atoms with E-state index in [0.717, 1.165) is 36.1 Å². The van der Waals surface area contributed by atoms with Crippen LogP contribution in [0.3, 0.4) is 0 Å². The second-order valence-corrected chi connectivity index (χ2v) is 5.96. The SMILES string of the molecule is COCCOc1ncc2c(N3CCNC(C)C3)ccc(C)c2n1. The van der Waals surface area contributed by atoms with Gasteiger partial charge in [-0.1, -0.05) is 6.07 Å². The van der Waals surface area contributed by atoms with Crippen molar-refractivity contribution in [3.63, 3.8) is 0 Å². The summed E-state index contributed by atoms with van der Waals surface area (Å²) in [5, 5.41) is 4.56. The van der Waals surface area contributed by atoms with Crippen LogP contribution in [0.25, 0.3) is 10.9 Å². The molecule has 2 heterocycles. The van der Waals surface area contributed by atoms with Gasteiger partial charge in [0.2, 0.25) is 0 Å². The largest absolute Gasteiger partial charge is 0.461 e. The molecular weight excluding hydrogens is 292 g/mol. The lowest BCUT2D eigenvalue weighted by Gasteiger charge is -2.34. The van der Waals surface area contributed by atoms with Crippen molar-refractivity contribution >= 4 is 16.6 Å². The Kier molecular flexibility index (Phi) is 4.93. The van der Waals surface area contributed by atoms with E-state index in [0.29, 0.717) is 25.3 Å².